The van der Waals surface area contributed by atoms with E-state index >= 15 is 0 Å². The minimum Gasteiger partial charge on any atom is -0.369 e. The van der Waals surface area contributed by atoms with E-state index in [1.54, 1.807) is 0 Å². The van der Waals surface area contributed by atoms with Gasteiger partial charge < -0.3 is 10.7 Å². The van der Waals surface area contributed by atoms with Crippen LogP contribution in [0.3, 0.4) is 0 Å². The molecule has 1 aromatic heterocycles. The molecule has 0 bridgehead atoms. The van der Waals surface area contributed by atoms with Crippen LogP contribution in [0.15, 0.2) is 24.3 Å². The van der Waals surface area contributed by atoms with Gasteiger partial charge in [0, 0.05) is 28.1 Å². The van der Waals surface area contributed by atoms with Crippen LogP contribution in [0.1, 0.15) is 35.8 Å². The number of rotatable bonds is 4. The van der Waals surface area contributed by atoms with Gasteiger partial charge >= 0.3 is 0 Å². The predicted octanol–water partition coefficient (Wildman–Crippen LogP) is 2.24. The van der Waals surface area contributed by atoms with Crippen molar-refractivity contribution in [2.75, 3.05) is 13.1 Å². The normalized spacial score (nSPS) is 18.2. The number of aromatic amines is 1. The molecule has 1 fully saturated rings. The number of hydrogen-bond acceptors (Lipinski definition) is 3. The molecule has 2 aromatic rings. The summed E-state index contributed by atoms with van der Waals surface area (Å²) < 4.78 is 0. The molecule has 1 atom stereocenters. The molecule has 0 unspecified atom stereocenters. The molecule has 1 aromatic carbocycles. The minimum absolute atomic E-state index is 0.0524. The number of Topliss-reactive ketones (excluding diaryl/α,β-unsaturated/α-hetero) is 1. The van der Waals surface area contributed by atoms with Crippen LogP contribution in [-0.4, -0.2) is 40.7 Å². The van der Waals surface area contributed by atoms with Gasteiger partial charge in [-0.3, -0.25) is 14.5 Å². The molecule has 5 heteroatoms. The smallest absolute Gasteiger partial charge is 0.220 e. The Bertz CT molecular complexity index is 742. The molecule has 1 amide bonds. The summed E-state index contributed by atoms with van der Waals surface area (Å²) in [5.74, 6) is -0.142. The number of nitrogens with zero attached hydrogens (tertiary/aromatic N) is 1. The van der Waals surface area contributed by atoms with Gasteiger partial charge in [-0.05, 0) is 45.8 Å². The number of nitrogens with one attached hydrogen (secondary N) is 1. The second-order valence-electron chi connectivity index (χ2n) is 6.42. The SMILES string of the molecule is Cc1[nH]c2ccccc2c1C(=O)[C@H](C)N1CCC(C(N)=O)CC1. The Hall–Kier alpha value is -2.14. The molecule has 1 aliphatic rings. The monoisotopic (exact) mass is 313 g/mol. The van der Waals surface area contributed by atoms with Crippen molar-refractivity contribution < 1.29 is 9.59 Å². The largest absolute Gasteiger partial charge is 0.369 e. The van der Waals surface area contributed by atoms with E-state index in [1.165, 1.54) is 0 Å². The molecule has 5 nitrogen and oxygen atoms in total. The number of amides is 1. The van der Waals surface area contributed by atoms with Crippen LogP contribution in [0.5, 0.6) is 0 Å². The summed E-state index contributed by atoms with van der Waals surface area (Å²) in [5.41, 5.74) is 8.07. The van der Waals surface area contributed by atoms with E-state index in [9.17, 15) is 9.59 Å². The summed E-state index contributed by atoms with van der Waals surface area (Å²) in [5, 5.41) is 0.980. The second kappa shape index (κ2) is 6.16. The topological polar surface area (TPSA) is 79.2 Å². The summed E-state index contributed by atoms with van der Waals surface area (Å²) >= 11 is 0. The standard InChI is InChI=1S/C18H23N3O2/c1-11-16(14-5-3-4-6-15(14)20-11)17(22)12(2)21-9-7-13(8-10-21)18(19)23/h3-6,12-13,20H,7-10H2,1-2H3,(H2,19,23)/t12-/m0/s1. The third-order valence-corrected chi connectivity index (χ3v) is 5.00. The quantitative estimate of drug-likeness (QED) is 0.850. The van der Waals surface area contributed by atoms with Gasteiger partial charge in [0.25, 0.3) is 0 Å². The van der Waals surface area contributed by atoms with Crippen LogP contribution in [0.2, 0.25) is 0 Å². The maximum Gasteiger partial charge on any atom is 0.220 e. The lowest BCUT2D eigenvalue weighted by atomic mass is 9.93. The van der Waals surface area contributed by atoms with Crippen LogP contribution in [0.4, 0.5) is 0 Å². The molecule has 2 heterocycles. The van der Waals surface area contributed by atoms with Crippen LogP contribution < -0.4 is 5.73 Å². The first-order valence-corrected chi connectivity index (χ1v) is 8.14. The summed E-state index contributed by atoms with van der Waals surface area (Å²) in [7, 11) is 0. The lowest BCUT2D eigenvalue weighted by Crippen LogP contribution is -2.46. The van der Waals surface area contributed by atoms with Crippen molar-refractivity contribution in [2.45, 2.75) is 32.7 Å². The average molecular weight is 313 g/mol. The molecular formula is C18H23N3O2. The van der Waals surface area contributed by atoms with Gasteiger partial charge in [0.2, 0.25) is 5.91 Å². The average Bonchev–Trinajstić information content (AvgIpc) is 2.89. The number of benzene rings is 1. The number of aromatic nitrogens is 1. The van der Waals surface area contributed by atoms with Crippen LogP contribution in [0.25, 0.3) is 10.9 Å². The summed E-state index contributed by atoms with van der Waals surface area (Å²) in [6.07, 6.45) is 1.47. The zero-order valence-corrected chi connectivity index (χ0v) is 13.6. The fraction of sp³-hybridized carbons (Fsp3) is 0.444. The zero-order valence-electron chi connectivity index (χ0n) is 13.6. The van der Waals surface area contributed by atoms with Crippen molar-refractivity contribution in [3.05, 3.63) is 35.5 Å². The number of carbonyl (C=O) groups excluding carboxylic acids is 2. The van der Waals surface area contributed by atoms with Crippen molar-refractivity contribution in [2.24, 2.45) is 11.7 Å². The third-order valence-electron chi connectivity index (χ3n) is 5.00. The zero-order chi connectivity index (χ0) is 16.6. The Balaban J connectivity index is 1.80. The molecule has 0 radical (unpaired) electrons. The maximum absolute atomic E-state index is 13.0. The molecule has 3 N–H and O–H groups in total. The molecule has 122 valence electrons. The van der Waals surface area contributed by atoms with E-state index in [4.69, 9.17) is 5.73 Å². The number of piperidine rings is 1. The van der Waals surface area contributed by atoms with Gasteiger partial charge in [0.05, 0.1) is 6.04 Å². The van der Waals surface area contributed by atoms with Gasteiger partial charge in [-0.15, -0.1) is 0 Å². The second-order valence-corrected chi connectivity index (χ2v) is 6.42. The molecule has 0 aliphatic carbocycles. The number of fused-ring (bicyclic) bond motifs is 1. The van der Waals surface area contributed by atoms with Gasteiger partial charge in [-0.1, -0.05) is 18.2 Å². The highest BCUT2D eigenvalue weighted by Gasteiger charge is 2.30. The lowest BCUT2D eigenvalue weighted by molar-refractivity contribution is -0.123. The highest BCUT2D eigenvalue weighted by Crippen LogP contribution is 2.26. The minimum atomic E-state index is -0.226. The van der Waals surface area contributed by atoms with Crippen molar-refractivity contribution >= 4 is 22.6 Å². The molecule has 1 saturated heterocycles. The predicted molar refractivity (Wildman–Crippen MR) is 90.3 cm³/mol. The number of carbonyl (C=O) groups is 2. The fourth-order valence-corrected chi connectivity index (χ4v) is 3.54. The number of primary amides is 1. The number of likely N-dealkylation sites (tertiary alicyclic amines) is 1. The van der Waals surface area contributed by atoms with Crippen LogP contribution in [-0.2, 0) is 4.79 Å². The van der Waals surface area contributed by atoms with E-state index < -0.39 is 0 Å². The highest BCUT2D eigenvalue weighted by molar-refractivity contribution is 6.11. The van der Waals surface area contributed by atoms with E-state index in [-0.39, 0.29) is 23.7 Å². The Morgan fingerprint density at radius 2 is 1.91 bits per heavy atom. The van der Waals surface area contributed by atoms with E-state index in [1.807, 2.05) is 38.1 Å². The first-order chi connectivity index (χ1) is 11.0. The molecular weight excluding hydrogens is 290 g/mol. The van der Waals surface area contributed by atoms with Crippen LogP contribution in [0, 0.1) is 12.8 Å². The molecule has 23 heavy (non-hydrogen) atoms. The van der Waals surface area contributed by atoms with Crippen LogP contribution >= 0.6 is 0 Å². The third kappa shape index (κ3) is 2.88. The maximum atomic E-state index is 13.0. The number of H-pyrrole nitrogens is 1. The molecule has 3 rings (SSSR count). The van der Waals surface area contributed by atoms with Gasteiger partial charge in [-0.25, -0.2) is 0 Å². The summed E-state index contributed by atoms with van der Waals surface area (Å²) in [6.45, 7) is 5.37. The Morgan fingerprint density at radius 3 is 2.57 bits per heavy atom. The van der Waals surface area contributed by atoms with Crippen molar-refractivity contribution in [1.29, 1.82) is 0 Å². The number of hydrogen-bond donors (Lipinski definition) is 2. The molecule has 1 aliphatic heterocycles. The summed E-state index contributed by atoms with van der Waals surface area (Å²) in [4.78, 5) is 29.7. The van der Waals surface area contributed by atoms with Crippen molar-refractivity contribution in [1.82, 2.24) is 9.88 Å². The first-order valence-electron chi connectivity index (χ1n) is 8.14. The Morgan fingerprint density at radius 1 is 1.26 bits per heavy atom. The van der Waals surface area contributed by atoms with Crippen molar-refractivity contribution in [3.8, 4) is 0 Å². The Labute approximate surface area is 135 Å². The first kappa shape index (κ1) is 15.7. The number of aryl methyl sites for hydroxylation is 1. The van der Waals surface area contributed by atoms with E-state index in [0.717, 1.165) is 48.1 Å². The Kier molecular flexibility index (Phi) is 4.22. The number of para-hydroxylation sites is 1. The highest BCUT2D eigenvalue weighted by atomic mass is 16.1. The lowest BCUT2D eigenvalue weighted by Gasteiger charge is -2.34. The molecule has 0 saturated carbocycles. The van der Waals surface area contributed by atoms with E-state index in [0.29, 0.717) is 0 Å². The fourth-order valence-electron chi connectivity index (χ4n) is 3.54. The number of nitrogens with two attached hydrogens (primary N) is 1. The van der Waals surface area contributed by atoms with E-state index in [2.05, 4.69) is 9.88 Å². The number of ketones is 1. The van der Waals surface area contributed by atoms with Gasteiger partial charge in [-0.2, -0.15) is 0 Å². The molecule has 0 spiro atoms. The summed E-state index contributed by atoms with van der Waals surface area (Å²) in [6, 6.07) is 7.70. The van der Waals surface area contributed by atoms with Gasteiger partial charge in [0.1, 0.15) is 0 Å². The van der Waals surface area contributed by atoms with Crippen molar-refractivity contribution in [3.63, 3.8) is 0 Å². The van der Waals surface area contributed by atoms with Gasteiger partial charge in [0.15, 0.2) is 5.78 Å².